The van der Waals surface area contributed by atoms with Crippen LogP contribution in [0.15, 0.2) is 36.4 Å². The number of hydrogen-bond donors (Lipinski definition) is 0. The van der Waals surface area contributed by atoms with E-state index in [1.807, 2.05) is 37.3 Å². The molecule has 0 N–H and O–H groups in total. The van der Waals surface area contributed by atoms with E-state index in [4.69, 9.17) is 25.8 Å². The number of aryl methyl sites for hydroxylation is 1. The van der Waals surface area contributed by atoms with Crippen molar-refractivity contribution in [2.75, 3.05) is 31.8 Å². The summed E-state index contributed by atoms with van der Waals surface area (Å²) in [6, 6.07) is 11.2. The van der Waals surface area contributed by atoms with E-state index in [9.17, 15) is 9.59 Å². The first-order valence-corrected chi connectivity index (χ1v) is 11.7. The normalized spacial score (nSPS) is 10.9. The van der Waals surface area contributed by atoms with Crippen molar-refractivity contribution in [1.82, 2.24) is 9.55 Å². The summed E-state index contributed by atoms with van der Waals surface area (Å²) >= 11 is 6.56. The van der Waals surface area contributed by atoms with E-state index in [-0.39, 0.29) is 5.97 Å². The van der Waals surface area contributed by atoms with Crippen molar-refractivity contribution in [3.05, 3.63) is 52.8 Å². The molecule has 0 bridgehead atoms. The molecule has 1 amide bonds. The van der Waals surface area contributed by atoms with Gasteiger partial charge in [-0.1, -0.05) is 17.7 Å². The fourth-order valence-corrected chi connectivity index (χ4v) is 3.76. The molecule has 0 unspecified atom stereocenters. The van der Waals surface area contributed by atoms with Crippen molar-refractivity contribution in [3.8, 4) is 5.75 Å². The number of esters is 1. The summed E-state index contributed by atoms with van der Waals surface area (Å²) in [7, 11) is 1.64. The van der Waals surface area contributed by atoms with Crippen molar-refractivity contribution < 1.29 is 23.8 Å². The van der Waals surface area contributed by atoms with Crippen LogP contribution in [0.1, 0.15) is 38.1 Å². The molecule has 0 aliphatic rings. The minimum Gasteiger partial charge on any atom is -0.494 e. The molecule has 34 heavy (non-hydrogen) atoms. The molecule has 182 valence electrons. The Balaban J connectivity index is 1.74. The summed E-state index contributed by atoms with van der Waals surface area (Å²) in [5.41, 5.74) is 3.32. The highest BCUT2D eigenvalue weighted by molar-refractivity contribution is 6.31. The first-order valence-electron chi connectivity index (χ1n) is 11.3. The molecule has 9 heteroatoms. The highest BCUT2D eigenvalue weighted by Gasteiger charge is 2.15. The van der Waals surface area contributed by atoms with Crippen LogP contribution in [-0.2, 0) is 20.8 Å². The van der Waals surface area contributed by atoms with E-state index in [2.05, 4.69) is 9.55 Å². The Morgan fingerprint density at radius 1 is 1.09 bits per heavy atom. The molecule has 2 aromatic carbocycles. The topological polar surface area (TPSA) is 82.9 Å². The maximum Gasteiger partial charge on any atom is 0.413 e. The van der Waals surface area contributed by atoms with Crippen LogP contribution in [0, 0.1) is 6.92 Å². The van der Waals surface area contributed by atoms with E-state index >= 15 is 0 Å². The highest BCUT2D eigenvalue weighted by atomic mass is 35.5. The number of benzene rings is 2. The Bertz CT molecular complexity index is 1160. The number of aromatic nitrogens is 2. The second-order valence-electron chi connectivity index (χ2n) is 7.69. The summed E-state index contributed by atoms with van der Waals surface area (Å²) in [4.78, 5) is 29.5. The van der Waals surface area contributed by atoms with Crippen LogP contribution < -0.4 is 9.64 Å². The van der Waals surface area contributed by atoms with Crippen LogP contribution >= 0.6 is 11.6 Å². The van der Waals surface area contributed by atoms with Crippen LogP contribution in [0.5, 0.6) is 5.75 Å². The SMILES string of the molecule is CCOC(=O)CCCOc1ccc2nc(C)n(Cc3ccc(N(C)C(=O)OCC)cc3Cl)c2c1. The molecule has 0 atom stereocenters. The van der Waals surface area contributed by atoms with Crippen molar-refractivity contribution >= 4 is 40.4 Å². The van der Waals surface area contributed by atoms with Crippen molar-refractivity contribution in [2.24, 2.45) is 0 Å². The maximum atomic E-state index is 12.0. The maximum absolute atomic E-state index is 12.0. The molecule has 0 fully saturated rings. The lowest BCUT2D eigenvalue weighted by molar-refractivity contribution is -0.143. The fraction of sp³-hybridized carbons (Fsp3) is 0.400. The zero-order valence-corrected chi connectivity index (χ0v) is 20.7. The van der Waals surface area contributed by atoms with E-state index in [0.717, 1.165) is 22.4 Å². The Morgan fingerprint density at radius 3 is 2.56 bits per heavy atom. The van der Waals surface area contributed by atoms with Gasteiger partial charge >= 0.3 is 12.1 Å². The van der Waals surface area contributed by atoms with Gasteiger partial charge in [0.1, 0.15) is 11.6 Å². The second-order valence-corrected chi connectivity index (χ2v) is 8.09. The Hall–Kier alpha value is -3.26. The highest BCUT2D eigenvalue weighted by Crippen LogP contribution is 2.28. The summed E-state index contributed by atoms with van der Waals surface area (Å²) < 4.78 is 17.9. The third kappa shape index (κ3) is 6.20. The second kappa shape index (κ2) is 11.7. The summed E-state index contributed by atoms with van der Waals surface area (Å²) in [6.07, 6.45) is 0.474. The van der Waals surface area contributed by atoms with E-state index < -0.39 is 6.09 Å². The van der Waals surface area contributed by atoms with Gasteiger partial charge in [-0.05, 0) is 57.0 Å². The van der Waals surface area contributed by atoms with Gasteiger partial charge < -0.3 is 18.8 Å². The first kappa shape index (κ1) is 25.4. The Labute approximate surface area is 204 Å². The molecule has 8 nitrogen and oxygen atoms in total. The number of fused-ring (bicyclic) bond motifs is 1. The van der Waals surface area contributed by atoms with Crippen LogP contribution in [0.3, 0.4) is 0 Å². The molecule has 0 saturated carbocycles. The molecule has 0 radical (unpaired) electrons. The number of anilines is 1. The first-order chi connectivity index (χ1) is 16.3. The van der Waals surface area contributed by atoms with Gasteiger partial charge in [-0.25, -0.2) is 9.78 Å². The predicted octanol–water partition coefficient (Wildman–Crippen LogP) is 5.36. The standard InChI is InChI=1S/C25H30ClN3O5/c1-5-32-24(30)8-7-13-34-20-11-12-22-23(15-20)29(17(3)27-22)16-18-9-10-19(14-21(18)26)28(4)25(31)33-6-2/h9-12,14-15H,5-8,13,16H2,1-4H3. The summed E-state index contributed by atoms with van der Waals surface area (Å²) in [6.45, 7) is 7.11. The van der Waals surface area contributed by atoms with Crippen LogP contribution in [0.25, 0.3) is 11.0 Å². The molecule has 3 aromatic rings. The molecule has 0 aliphatic heterocycles. The van der Waals surface area contributed by atoms with Gasteiger partial charge in [0.15, 0.2) is 0 Å². The average molecular weight is 488 g/mol. The van der Waals surface area contributed by atoms with Crippen molar-refractivity contribution in [2.45, 2.75) is 40.2 Å². The van der Waals surface area contributed by atoms with Crippen LogP contribution in [0.4, 0.5) is 10.5 Å². The van der Waals surface area contributed by atoms with Gasteiger partial charge in [-0.15, -0.1) is 0 Å². The van der Waals surface area contributed by atoms with Gasteiger partial charge in [0.05, 0.1) is 37.4 Å². The zero-order chi connectivity index (χ0) is 24.7. The molecule has 0 spiro atoms. The van der Waals surface area contributed by atoms with E-state index in [1.165, 1.54) is 4.90 Å². The Kier molecular flexibility index (Phi) is 8.76. The Morgan fingerprint density at radius 2 is 1.85 bits per heavy atom. The monoisotopic (exact) mass is 487 g/mol. The predicted molar refractivity (Wildman–Crippen MR) is 132 cm³/mol. The largest absolute Gasteiger partial charge is 0.494 e. The number of hydrogen-bond acceptors (Lipinski definition) is 6. The zero-order valence-electron chi connectivity index (χ0n) is 20.0. The number of carbonyl (C=O) groups excluding carboxylic acids is 2. The molecule has 0 aliphatic carbocycles. The molecule has 0 saturated heterocycles. The number of rotatable bonds is 10. The molecule has 1 heterocycles. The van der Waals surface area contributed by atoms with Gasteiger partial charge in [-0.3, -0.25) is 9.69 Å². The molecule has 3 rings (SSSR count). The number of imidazole rings is 1. The number of ether oxygens (including phenoxy) is 3. The lowest BCUT2D eigenvalue weighted by Crippen LogP contribution is -2.27. The minimum atomic E-state index is -0.433. The lowest BCUT2D eigenvalue weighted by atomic mass is 10.2. The smallest absolute Gasteiger partial charge is 0.413 e. The lowest BCUT2D eigenvalue weighted by Gasteiger charge is -2.18. The molecule has 1 aromatic heterocycles. The fourth-order valence-electron chi connectivity index (χ4n) is 3.52. The molecular weight excluding hydrogens is 458 g/mol. The van der Waals surface area contributed by atoms with Gasteiger partial charge in [-0.2, -0.15) is 0 Å². The number of carbonyl (C=O) groups is 2. The molecular formula is C25H30ClN3O5. The summed E-state index contributed by atoms with van der Waals surface area (Å²) in [5, 5.41) is 0.543. The third-order valence-electron chi connectivity index (χ3n) is 5.30. The van der Waals surface area contributed by atoms with Crippen LogP contribution in [0.2, 0.25) is 5.02 Å². The quantitative estimate of drug-likeness (QED) is 0.283. The van der Waals surface area contributed by atoms with Gasteiger partial charge in [0.25, 0.3) is 0 Å². The summed E-state index contributed by atoms with van der Waals surface area (Å²) in [5.74, 6) is 1.33. The number of halogens is 1. The number of nitrogens with zero attached hydrogens (tertiary/aromatic N) is 3. The van der Waals surface area contributed by atoms with E-state index in [1.54, 1.807) is 27.0 Å². The van der Waals surface area contributed by atoms with Gasteiger partial charge in [0, 0.05) is 30.2 Å². The van der Waals surface area contributed by atoms with E-state index in [0.29, 0.717) is 55.7 Å². The van der Waals surface area contributed by atoms with Crippen LogP contribution in [-0.4, -0.2) is 48.5 Å². The number of amides is 1. The average Bonchev–Trinajstić information content (AvgIpc) is 3.12. The van der Waals surface area contributed by atoms with Gasteiger partial charge in [0.2, 0.25) is 0 Å². The minimum absolute atomic E-state index is 0.216. The third-order valence-corrected chi connectivity index (χ3v) is 5.66. The van der Waals surface area contributed by atoms with Crippen molar-refractivity contribution in [1.29, 1.82) is 0 Å². The van der Waals surface area contributed by atoms with Crippen molar-refractivity contribution in [3.63, 3.8) is 0 Å².